The van der Waals surface area contributed by atoms with Crippen LogP contribution >= 0.6 is 11.3 Å². The predicted molar refractivity (Wildman–Crippen MR) is 74.7 cm³/mol. The number of nitrogens with zero attached hydrogens (tertiary/aromatic N) is 1. The molecule has 0 atom stereocenters. The lowest BCUT2D eigenvalue weighted by Crippen LogP contribution is -2.21. The van der Waals surface area contributed by atoms with Crippen LogP contribution in [0.25, 0.3) is 0 Å². The summed E-state index contributed by atoms with van der Waals surface area (Å²) >= 11 is 1.44. The maximum atomic E-state index is 12.0. The van der Waals surface area contributed by atoms with Crippen molar-refractivity contribution in [1.29, 1.82) is 0 Å². The summed E-state index contributed by atoms with van der Waals surface area (Å²) in [6.45, 7) is 0.929. The number of ether oxygens (including phenoxy) is 1. The van der Waals surface area contributed by atoms with Gasteiger partial charge in [-0.25, -0.2) is 0 Å². The van der Waals surface area contributed by atoms with E-state index in [-0.39, 0.29) is 5.91 Å². The zero-order chi connectivity index (χ0) is 13.9. The molecule has 0 radical (unpaired) electrons. The van der Waals surface area contributed by atoms with Crippen molar-refractivity contribution in [2.45, 2.75) is 31.9 Å². The molecule has 0 aromatic carbocycles. The minimum atomic E-state index is -0.0895. The second kappa shape index (κ2) is 5.76. The number of rotatable bonds is 6. The number of carbonyl (C=O) groups is 1. The Kier molecular flexibility index (Phi) is 3.84. The zero-order valence-corrected chi connectivity index (χ0v) is 12.0. The number of hydrogen-bond acceptors (Lipinski definition) is 5. The maximum Gasteiger partial charge on any atom is 0.261 e. The van der Waals surface area contributed by atoms with Crippen molar-refractivity contribution in [3.63, 3.8) is 0 Å². The van der Waals surface area contributed by atoms with E-state index in [1.807, 2.05) is 18.2 Å². The van der Waals surface area contributed by atoms with Gasteiger partial charge in [0, 0.05) is 24.0 Å². The Labute approximate surface area is 120 Å². The van der Waals surface area contributed by atoms with Gasteiger partial charge in [0.2, 0.25) is 0 Å². The fourth-order valence-corrected chi connectivity index (χ4v) is 2.85. The van der Waals surface area contributed by atoms with E-state index in [1.165, 1.54) is 24.2 Å². The molecular weight excluding hydrogens is 276 g/mol. The second-order valence-electron chi connectivity index (χ2n) is 4.88. The lowest BCUT2D eigenvalue weighted by atomic mass is 10.3. The van der Waals surface area contributed by atoms with Crippen LogP contribution in [0.4, 0.5) is 0 Å². The molecule has 2 aromatic rings. The van der Waals surface area contributed by atoms with Crippen molar-refractivity contribution in [1.82, 2.24) is 10.5 Å². The molecule has 0 spiro atoms. The number of amides is 1. The largest absolute Gasteiger partial charge is 0.379 e. The van der Waals surface area contributed by atoms with Gasteiger partial charge in [-0.2, -0.15) is 0 Å². The average molecular weight is 292 g/mol. The van der Waals surface area contributed by atoms with E-state index >= 15 is 0 Å². The minimum Gasteiger partial charge on any atom is -0.379 e. The molecule has 1 amide bonds. The molecule has 0 saturated heterocycles. The Balaban J connectivity index is 1.54. The number of methoxy groups -OCH3 is 1. The molecule has 3 rings (SSSR count). The van der Waals surface area contributed by atoms with Gasteiger partial charge in [0.1, 0.15) is 11.5 Å². The first-order chi connectivity index (χ1) is 9.76. The number of aromatic nitrogens is 1. The molecule has 0 aliphatic heterocycles. The molecule has 1 fully saturated rings. The van der Waals surface area contributed by atoms with Gasteiger partial charge < -0.3 is 14.6 Å². The van der Waals surface area contributed by atoms with E-state index in [0.717, 1.165) is 16.3 Å². The molecule has 5 nitrogen and oxygen atoms in total. The summed E-state index contributed by atoms with van der Waals surface area (Å²) in [5, 5.41) is 6.82. The van der Waals surface area contributed by atoms with E-state index in [0.29, 0.717) is 23.9 Å². The summed E-state index contributed by atoms with van der Waals surface area (Å²) in [5.41, 5.74) is 0.772. The van der Waals surface area contributed by atoms with E-state index in [9.17, 15) is 4.79 Å². The van der Waals surface area contributed by atoms with Gasteiger partial charge in [-0.1, -0.05) is 5.16 Å². The van der Waals surface area contributed by atoms with Crippen LogP contribution in [0.3, 0.4) is 0 Å². The van der Waals surface area contributed by atoms with Crippen molar-refractivity contribution in [3.8, 4) is 0 Å². The molecule has 1 aliphatic carbocycles. The zero-order valence-electron chi connectivity index (χ0n) is 11.2. The molecule has 20 heavy (non-hydrogen) atoms. The first kappa shape index (κ1) is 13.3. The molecule has 2 heterocycles. The van der Waals surface area contributed by atoms with Gasteiger partial charge in [0.15, 0.2) is 0 Å². The lowest BCUT2D eigenvalue weighted by molar-refractivity contribution is 0.0954. The van der Waals surface area contributed by atoms with E-state index in [4.69, 9.17) is 9.26 Å². The van der Waals surface area contributed by atoms with Crippen molar-refractivity contribution < 1.29 is 14.1 Å². The van der Waals surface area contributed by atoms with E-state index in [1.54, 1.807) is 7.11 Å². The fourth-order valence-electron chi connectivity index (χ4n) is 1.95. The van der Waals surface area contributed by atoms with Crippen molar-refractivity contribution in [2.75, 3.05) is 7.11 Å². The van der Waals surface area contributed by atoms with Crippen LogP contribution in [0.2, 0.25) is 0 Å². The van der Waals surface area contributed by atoms with Crippen LogP contribution in [0, 0.1) is 0 Å². The summed E-state index contributed by atoms with van der Waals surface area (Å²) in [5.74, 6) is 1.39. The predicted octanol–water partition coefficient (Wildman–Crippen LogP) is 2.69. The standard InChI is InChI=1S/C14H16N2O3S/c1-18-8-11-4-5-13(20-11)14(17)15-7-10-6-12(19-16-10)9-2-3-9/h4-6,9H,2-3,7-8H2,1H3,(H,15,17). The quantitative estimate of drug-likeness (QED) is 0.889. The Hall–Kier alpha value is -1.66. The highest BCUT2D eigenvalue weighted by Crippen LogP contribution is 2.40. The third-order valence-electron chi connectivity index (χ3n) is 3.16. The third-order valence-corrected chi connectivity index (χ3v) is 4.22. The van der Waals surface area contributed by atoms with Gasteiger partial charge in [-0.15, -0.1) is 11.3 Å². The SMILES string of the molecule is COCc1ccc(C(=O)NCc2cc(C3CC3)on2)s1. The van der Waals surface area contributed by atoms with Crippen molar-refractivity contribution in [2.24, 2.45) is 0 Å². The Bertz CT molecular complexity index is 601. The van der Waals surface area contributed by atoms with Crippen LogP contribution in [-0.4, -0.2) is 18.2 Å². The summed E-state index contributed by atoms with van der Waals surface area (Å²) in [4.78, 5) is 13.7. The Morgan fingerprint density at radius 1 is 1.55 bits per heavy atom. The summed E-state index contributed by atoms with van der Waals surface area (Å²) in [6, 6.07) is 5.65. The molecule has 6 heteroatoms. The average Bonchev–Trinajstić information content (AvgIpc) is 3.01. The third kappa shape index (κ3) is 3.08. The van der Waals surface area contributed by atoms with Gasteiger partial charge >= 0.3 is 0 Å². The maximum absolute atomic E-state index is 12.0. The highest BCUT2D eigenvalue weighted by atomic mass is 32.1. The highest BCUT2D eigenvalue weighted by Gasteiger charge is 2.27. The number of nitrogens with one attached hydrogen (secondary N) is 1. The number of carbonyl (C=O) groups excluding carboxylic acids is 1. The van der Waals surface area contributed by atoms with Crippen LogP contribution in [-0.2, 0) is 17.9 Å². The minimum absolute atomic E-state index is 0.0895. The Morgan fingerprint density at radius 2 is 2.40 bits per heavy atom. The van der Waals surface area contributed by atoms with Crippen molar-refractivity contribution in [3.05, 3.63) is 39.4 Å². The molecule has 0 unspecified atom stereocenters. The van der Waals surface area contributed by atoms with E-state index < -0.39 is 0 Å². The van der Waals surface area contributed by atoms with Crippen LogP contribution in [0.15, 0.2) is 22.7 Å². The van der Waals surface area contributed by atoms with Crippen molar-refractivity contribution >= 4 is 17.2 Å². The molecule has 0 bridgehead atoms. The number of thiophene rings is 1. The van der Waals surface area contributed by atoms with Crippen LogP contribution in [0.1, 0.15) is 44.8 Å². The molecule has 2 aromatic heterocycles. The first-order valence-electron chi connectivity index (χ1n) is 6.57. The second-order valence-corrected chi connectivity index (χ2v) is 6.04. The molecule has 1 aliphatic rings. The summed E-state index contributed by atoms with van der Waals surface area (Å²) < 4.78 is 10.3. The van der Waals surface area contributed by atoms with E-state index in [2.05, 4.69) is 10.5 Å². The van der Waals surface area contributed by atoms with Crippen LogP contribution < -0.4 is 5.32 Å². The topological polar surface area (TPSA) is 64.4 Å². The monoisotopic (exact) mass is 292 g/mol. The summed E-state index contributed by atoms with van der Waals surface area (Å²) in [7, 11) is 1.64. The molecule has 1 saturated carbocycles. The summed E-state index contributed by atoms with van der Waals surface area (Å²) in [6.07, 6.45) is 2.36. The highest BCUT2D eigenvalue weighted by molar-refractivity contribution is 7.14. The molecule has 106 valence electrons. The molecular formula is C14H16N2O3S. The fraction of sp³-hybridized carbons (Fsp3) is 0.429. The first-order valence-corrected chi connectivity index (χ1v) is 7.39. The number of hydrogen-bond donors (Lipinski definition) is 1. The van der Waals surface area contributed by atoms with Gasteiger partial charge in [0.25, 0.3) is 5.91 Å². The molecule has 1 N–H and O–H groups in total. The van der Waals surface area contributed by atoms with Gasteiger partial charge in [0.05, 0.1) is 18.0 Å². The smallest absolute Gasteiger partial charge is 0.261 e. The van der Waals surface area contributed by atoms with Gasteiger partial charge in [-0.3, -0.25) is 4.79 Å². The van der Waals surface area contributed by atoms with Gasteiger partial charge in [-0.05, 0) is 25.0 Å². The Morgan fingerprint density at radius 3 is 3.15 bits per heavy atom. The lowest BCUT2D eigenvalue weighted by Gasteiger charge is -1.99. The normalized spacial score (nSPS) is 14.4. The van der Waals surface area contributed by atoms with Crippen LogP contribution in [0.5, 0.6) is 0 Å².